The predicted octanol–water partition coefficient (Wildman–Crippen LogP) is 5.17. The third-order valence-electron chi connectivity index (χ3n) is 3.95. The number of nitrogens with zero attached hydrogens (tertiary/aromatic N) is 2. The van der Waals surface area contributed by atoms with E-state index < -0.39 is 0 Å². The number of esters is 1. The Bertz CT molecular complexity index is 1040. The van der Waals surface area contributed by atoms with E-state index in [9.17, 15) is 14.7 Å². The molecule has 1 saturated heterocycles. The molecule has 1 N–H and O–H groups in total. The predicted molar refractivity (Wildman–Crippen MR) is 126 cm³/mol. The van der Waals surface area contributed by atoms with Crippen molar-refractivity contribution in [2.24, 2.45) is 4.99 Å². The molecule has 0 aromatic heterocycles. The second kappa shape index (κ2) is 9.31. The van der Waals surface area contributed by atoms with Gasteiger partial charge in [0.1, 0.15) is 5.75 Å². The van der Waals surface area contributed by atoms with Gasteiger partial charge >= 0.3 is 5.97 Å². The van der Waals surface area contributed by atoms with Crippen LogP contribution < -0.4 is 0 Å². The molecule has 0 spiro atoms. The number of carbonyl (C=O) groups is 2. The van der Waals surface area contributed by atoms with E-state index >= 15 is 0 Å². The molecule has 1 heterocycles. The van der Waals surface area contributed by atoms with Gasteiger partial charge in [-0.15, -0.1) is 0 Å². The van der Waals surface area contributed by atoms with Gasteiger partial charge in [-0.05, 0) is 83.8 Å². The minimum Gasteiger partial charge on any atom is -0.506 e. The van der Waals surface area contributed by atoms with Crippen LogP contribution in [0.2, 0.25) is 0 Å². The molecule has 2 aromatic carbocycles. The van der Waals surface area contributed by atoms with Crippen LogP contribution in [0.25, 0.3) is 6.08 Å². The number of phenols is 1. The van der Waals surface area contributed by atoms with Gasteiger partial charge in [0.2, 0.25) is 0 Å². The Kier molecular flexibility index (Phi) is 7.01. The van der Waals surface area contributed by atoms with Crippen LogP contribution in [0.1, 0.15) is 22.8 Å². The Morgan fingerprint density at radius 2 is 2.03 bits per heavy atom. The Hall–Kier alpha value is -1.85. The molecule has 0 radical (unpaired) electrons. The van der Waals surface area contributed by atoms with Crippen LogP contribution in [0.4, 0.5) is 5.69 Å². The molecule has 1 amide bonds. The normalized spacial score (nSPS) is 16.7. The van der Waals surface area contributed by atoms with Crippen LogP contribution in [0, 0.1) is 3.57 Å². The number of likely N-dealkylation sites (N-methyl/N-ethyl adjacent to an activating group) is 1. The van der Waals surface area contributed by atoms with E-state index in [1.807, 2.05) is 22.6 Å². The average molecular weight is 587 g/mol. The van der Waals surface area contributed by atoms with Crippen molar-refractivity contribution in [1.82, 2.24) is 4.90 Å². The number of rotatable bonds is 4. The van der Waals surface area contributed by atoms with E-state index in [1.54, 1.807) is 56.4 Å². The summed E-state index contributed by atoms with van der Waals surface area (Å²) in [6.07, 6.45) is 1.65. The molecule has 1 aliphatic rings. The first-order valence-electron chi connectivity index (χ1n) is 8.51. The van der Waals surface area contributed by atoms with E-state index in [-0.39, 0.29) is 17.6 Å². The minimum atomic E-state index is -0.386. The third-order valence-corrected chi connectivity index (χ3v) is 6.29. The molecule has 0 atom stereocenters. The second-order valence-electron chi connectivity index (χ2n) is 5.96. The van der Waals surface area contributed by atoms with E-state index in [2.05, 4.69) is 20.9 Å². The molecule has 0 saturated carbocycles. The van der Waals surface area contributed by atoms with Crippen LogP contribution in [0.3, 0.4) is 0 Å². The van der Waals surface area contributed by atoms with E-state index in [0.717, 1.165) is 4.47 Å². The standard InChI is InChI=1S/C20H16BrIN2O4S/c1-3-28-19(27)11-4-6-14(7-5-11)23-20-24(2)18(26)16(29-20)9-12-8-13(21)10-15(22)17(12)25/h4-10,25H,3H2,1-2H3/b16-9-,23-20?. The van der Waals surface area contributed by atoms with Crippen LogP contribution in [-0.2, 0) is 9.53 Å². The molecule has 0 bridgehead atoms. The monoisotopic (exact) mass is 586 g/mol. The molecule has 0 aliphatic carbocycles. The fourth-order valence-electron chi connectivity index (χ4n) is 2.49. The van der Waals surface area contributed by atoms with Crippen molar-refractivity contribution in [3.8, 4) is 5.75 Å². The molecule has 150 valence electrons. The number of hydrogen-bond donors (Lipinski definition) is 1. The van der Waals surface area contributed by atoms with Crippen LogP contribution in [0.15, 0.2) is 50.8 Å². The number of benzene rings is 2. The van der Waals surface area contributed by atoms with Crippen molar-refractivity contribution in [1.29, 1.82) is 0 Å². The molecule has 9 heteroatoms. The smallest absolute Gasteiger partial charge is 0.338 e. The van der Waals surface area contributed by atoms with Crippen LogP contribution >= 0.6 is 50.3 Å². The molecular formula is C20H16BrIN2O4S. The molecule has 29 heavy (non-hydrogen) atoms. The van der Waals surface area contributed by atoms with E-state index in [4.69, 9.17) is 4.74 Å². The van der Waals surface area contributed by atoms with E-state index in [0.29, 0.717) is 37.1 Å². The summed E-state index contributed by atoms with van der Waals surface area (Å²) in [5.74, 6) is -0.466. The zero-order valence-electron chi connectivity index (χ0n) is 15.5. The molecular weight excluding hydrogens is 571 g/mol. The van der Waals surface area contributed by atoms with Crippen molar-refractivity contribution in [2.75, 3.05) is 13.7 Å². The SMILES string of the molecule is CCOC(=O)c1ccc(N=C2S/C(=C\c3cc(Br)cc(I)c3O)C(=O)N2C)cc1. The summed E-state index contributed by atoms with van der Waals surface area (Å²) in [5.41, 5.74) is 1.61. The summed E-state index contributed by atoms with van der Waals surface area (Å²) in [7, 11) is 1.65. The van der Waals surface area contributed by atoms with Crippen molar-refractivity contribution in [3.63, 3.8) is 0 Å². The zero-order valence-corrected chi connectivity index (χ0v) is 20.0. The highest BCUT2D eigenvalue weighted by Gasteiger charge is 2.30. The highest BCUT2D eigenvalue weighted by Crippen LogP contribution is 2.36. The Morgan fingerprint density at radius 1 is 1.34 bits per heavy atom. The van der Waals surface area contributed by atoms with Crippen LogP contribution in [0.5, 0.6) is 5.75 Å². The Morgan fingerprint density at radius 3 is 2.69 bits per heavy atom. The van der Waals surface area contributed by atoms with Crippen molar-refractivity contribution < 1.29 is 19.4 Å². The number of amides is 1. The highest BCUT2D eigenvalue weighted by molar-refractivity contribution is 14.1. The topological polar surface area (TPSA) is 79.2 Å². The maximum Gasteiger partial charge on any atom is 0.338 e. The number of amidine groups is 1. The van der Waals surface area contributed by atoms with E-state index in [1.165, 1.54) is 16.7 Å². The van der Waals surface area contributed by atoms with Crippen molar-refractivity contribution >= 4 is 79.1 Å². The fraction of sp³-hybridized carbons (Fsp3) is 0.150. The van der Waals surface area contributed by atoms with Crippen molar-refractivity contribution in [3.05, 3.63) is 60.5 Å². The number of aliphatic imine (C=N–C) groups is 1. The summed E-state index contributed by atoms with van der Waals surface area (Å²) >= 11 is 6.66. The minimum absolute atomic E-state index is 0.122. The van der Waals surface area contributed by atoms with Crippen LogP contribution in [-0.4, -0.2) is 40.7 Å². The van der Waals surface area contributed by atoms with Gasteiger partial charge in [-0.2, -0.15) is 0 Å². The molecule has 6 nitrogen and oxygen atoms in total. The quantitative estimate of drug-likeness (QED) is 0.304. The maximum absolute atomic E-state index is 12.6. The first-order valence-corrected chi connectivity index (χ1v) is 11.2. The maximum atomic E-state index is 12.6. The highest BCUT2D eigenvalue weighted by atomic mass is 127. The molecule has 2 aromatic rings. The molecule has 1 fully saturated rings. The first kappa shape index (κ1) is 21.8. The zero-order chi connectivity index (χ0) is 21.1. The number of aromatic hydroxyl groups is 1. The first-order chi connectivity index (χ1) is 13.8. The van der Waals surface area contributed by atoms with Gasteiger partial charge in [-0.25, -0.2) is 9.79 Å². The van der Waals surface area contributed by atoms with Gasteiger partial charge < -0.3 is 9.84 Å². The summed E-state index contributed by atoms with van der Waals surface area (Å²) in [5, 5.41) is 10.8. The lowest BCUT2D eigenvalue weighted by Gasteiger charge is -2.07. The molecule has 1 aliphatic heterocycles. The van der Waals surface area contributed by atoms with Gasteiger partial charge in [-0.3, -0.25) is 9.69 Å². The second-order valence-corrected chi connectivity index (χ2v) is 9.05. The number of hydrogen-bond acceptors (Lipinski definition) is 6. The van der Waals surface area contributed by atoms with Gasteiger partial charge in [-0.1, -0.05) is 15.9 Å². The number of phenolic OH excluding ortho intramolecular Hbond substituents is 1. The summed E-state index contributed by atoms with van der Waals surface area (Å²) < 4.78 is 6.46. The van der Waals surface area contributed by atoms with Gasteiger partial charge in [0.25, 0.3) is 5.91 Å². The molecule has 3 rings (SSSR count). The lowest BCUT2D eigenvalue weighted by Crippen LogP contribution is -2.23. The largest absolute Gasteiger partial charge is 0.506 e. The summed E-state index contributed by atoms with van der Waals surface area (Å²) in [4.78, 5) is 30.8. The van der Waals surface area contributed by atoms with Crippen molar-refractivity contribution in [2.45, 2.75) is 6.92 Å². The Balaban J connectivity index is 1.86. The third kappa shape index (κ3) is 5.01. The summed E-state index contributed by atoms with van der Waals surface area (Å²) in [6.45, 7) is 2.07. The van der Waals surface area contributed by atoms with Gasteiger partial charge in [0, 0.05) is 17.1 Å². The number of thioether (sulfide) groups is 1. The molecule has 0 unspecified atom stereocenters. The fourth-order valence-corrected chi connectivity index (χ4v) is 5.01. The number of halogens is 2. The Labute approximate surface area is 194 Å². The summed E-state index contributed by atoms with van der Waals surface area (Å²) in [6, 6.07) is 10.2. The lowest BCUT2D eigenvalue weighted by atomic mass is 10.2. The lowest BCUT2D eigenvalue weighted by molar-refractivity contribution is -0.121. The van der Waals surface area contributed by atoms with Gasteiger partial charge in [0.05, 0.1) is 26.3 Å². The number of carbonyl (C=O) groups excluding carboxylic acids is 2. The number of ether oxygens (including phenoxy) is 1. The van der Waals surface area contributed by atoms with Gasteiger partial charge in [0.15, 0.2) is 5.17 Å². The average Bonchev–Trinajstić information content (AvgIpc) is 2.94.